The van der Waals surface area contributed by atoms with Crippen molar-refractivity contribution in [1.29, 1.82) is 0 Å². The van der Waals surface area contributed by atoms with Crippen molar-refractivity contribution in [3.05, 3.63) is 142 Å². The van der Waals surface area contributed by atoms with Gasteiger partial charge in [0.1, 0.15) is 5.75 Å². The quantitative estimate of drug-likeness (QED) is 0.115. The highest BCUT2D eigenvalue weighted by Crippen LogP contribution is 2.58. The Balaban J connectivity index is 1.20. The molecule has 188 valence electrons. The Labute approximate surface area is 218 Å². The third-order valence-electron chi connectivity index (χ3n) is 6.65. The summed E-state index contributed by atoms with van der Waals surface area (Å²) in [5.41, 5.74) is 5.31. The molecule has 0 radical (unpaired) electrons. The molecule has 8 heteroatoms. The van der Waals surface area contributed by atoms with Crippen molar-refractivity contribution < 1.29 is 19.2 Å². The molecule has 38 heavy (non-hydrogen) atoms. The molecular weight excluding hydrogens is 482 g/mol. The molecule has 0 heterocycles. The van der Waals surface area contributed by atoms with Gasteiger partial charge in [-0.2, -0.15) is 5.10 Å². The van der Waals surface area contributed by atoms with Gasteiger partial charge in [0.15, 0.2) is 0 Å². The first kappa shape index (κ1) is 24.6. The van der Waals surface area contributed by atoms with Crippen LogP contribution in [-0.4, -0.2) is 23.0 Å². The number of non-ortho nitro benzene ring substituents is 1. The topological polar surface area (TPSA) is 111 Å². The average Bonchev–Trinajstić information content (AvgIpc) is 3.72. The van der Waals surface area contributed by atoms with Gasteiger partial charge < -0.3 is 4.74 Å². The number of nitrogens with one attached hydrogen (secondary N) is 1. The van der Waals surface area contributed by atoms with Crippen molar-refractivity contribution in [2.24, 2.45) is 11.0 Å². The van der Waals surface area contributed by atoms with Crippen LogP contribution in [0.3, 0.4) is 0 Å². The van der Waals surface area contributed by atoms with Crippen LogP contribution in [0.15, 0.2) is 114 Å². The van der Waals surface area contributed by atoms with Gasteiger partial charge in [0.25, 0.3) is 5.69 Å². The first-order valence-corrected chi connectivity index (χ1v) is 12.0. The van der Waals surface area contributed by atoms with E-state index in [0.717, 1.165) is 11.1 Å². The standard InChI is InChI=1S/C30H23N3O5/c34-28(27-19-30(27,23-7-3-1-4-8-23)24-9-5-2-6-10-24)32-31-20-21-11-17-26(18-12-21)38-29(35)22-13-15-25(16-14-22)33(36)37/h1-18,20,27H,19H2,(H,32,34)/b31-20-/t27-/m0/s1. The molecule has 5 rings (SSSR count). The van der Waals surface area contributed by atoms with Crippen molar-refractivity contribution >= 4 is 23.8 Å². The van der Waals surface area contributed by atoms with Crippen molar-refractivity contribution in [2.75, 3.05) is 0 Å². The second kappa shape index (κ2) is 10.5. The normalized spacial score (nSPS) is 15.5. The second-order valence-corrected chi connectivity index (χ2v) is 8.96. The number of nitrogens with zero attached hydrogens (tertiary/aromatic N) is 2. The van der Waals surface area contributed by atoms with E-state index in [2.05, 4.69) is 34.8 Å². The minimum atomic E-state index is -0.627. The predicted molar refractivity (Wildman–Crippen MR) is 142 cm³/mol. The zero-order valence-corrected chi connectivity index (χ0v) is 20.2. The molecule has 1 saturated carbocycles. The Bertz CT molecular complexity index is 1450. The largest absolute Gasteiger partial charge is 0.423 e. The summed E-state index contributed by atoms with van der Waals surface area (Å²) in [7, 11) is 0. The molecule has 0 aliphatic heterocycles. The van der Waals surface area contributed by atoms with Gasteiger partial charge in [-0.05, 0) is 59.5 Å². The van der Waals surface area contributed by atoms with Crippen LogP contribution in [0, 0.1) is 16.0 Å². The number of carbonyl (C=O) groups excluding carboxylic acids is 2. The molecule has 0 saturated heterocycles. The fraction of sp³-hybridized carbons (Fsp3) is 0.100. The molecule has 1 aliphatic carbocycles. The smallest absolute Gasteiger partial charge is 0.343 e. The van der Waals surface area contributed by atoms with Gasteiger partial charge in [-0.1, -0.05) is 60.7 Å². The first-order chi connectivity index (χ1) is 18.5. The Hall–Kier alpha value is -5.11. The van der Waals surface area contributed by atoms with Gasteiger partial charge in [0.2, 0.25) is 5.91 Å². The number of nitro groups is 1. The van der Waals surface area contributed by atoms with Crippen LogP contribution in [-0.2, 0) is 10.2 Å². The molecule has 1 fully saturated rings. The summed E-state index contributed by atoms with van der Waals surface area (Å²) < 4.78 is 5.32. The van der Waals surface area contributed by atoms with E-state index in [4.69, 9.17) is 4.74 Å². The summed E-state index contributed by atoms with van der Waals surface area (Å²) in [5, 5.41) is 14.9. The van der Waals surface area contributed by atoms with Crippen LogP contribution in [0.1, 0.15) is 33.5 Å². The molecule has 4 aromatic rings. The van der Waals surface area contributed by atoms with Crippen LogP contribution in [0.5, 0.6) is 5.75 Å². The molecule has 1 N–H and O–H groups in total. The number of hydrogen-bond donors (Lipinski definition) is 1. The van der Waals surface area contributed by atoms with Crippen LogP contribution < -0.4 is 10.2 Å². The number of carbonyl (C=O) groups is 2. The van der Waals surface area contributed by atoms with E-state index in [-0.39, 0.29) is 28.5 Å². The molecule has 8 nitrogen and oxygen atoms in total. The zero-order valence-electron chi connectivity index (χ0n) is 20.2. The maximum absolute atomic E-state index is 13.0. The predicted octanol–water partition coefficient (Wildman–Crippen LogP) is 5.27. The maximum Gasteiger partial charge on any atom is 0.343 e. The summed E-state index contributed by atoms with van der Waals surface area (Å²) in [5.74, 6) is -0.699. The molecule has 4 aromatic carbocycles. The second-order valence-electron chi connectivity index (χ2n) is 8.96. The monoisotopic (exact) mass is 505 g/mol. The van der Waals surface area contributed by atoms with E-state index >= 15 is 0 Å². The molecule has 1 amide bonds. The van der Waals surface area contributed by atoms with Crippen LogP contribution in [0.2, 0.25) is 0 Å². The minimum Gasteiger partial charge on any atom is -0.423 e. The lowest BCUT2D eigenvalue weighted by molar-refractivity contribution is -0.384. The molecule has 0 unspecified atom stereocenters. The Morgan fingerprint density at radius 2 is 1.45 bits per heavy atom. The van der Waals surface area contributed by atoms with Gasteiger partial charge in [-0.25, -0.2) is 10.2 Å². The van der Waals surface area contributed by atoms with Crippen LogP contribution >= 0.6 is 0 Å². The third-order valence-corrected chi connectivity index (χ3v) is 6.65. The summed E-state index contributed by atoms with van der Waals surface area (Å²) in [6, 6.07) is 31.9. The molecule has 0 spiro atoms. The van der Waals surface area contributed by atoms with Crippen LogP contribution in [0.25, 0.3) is 0 Å². The lowest BCUT2D eigenvalue weighted by atomic mass is 9.85. The van der Waals surface area contributed by atoms with Gasteiger partial charge in [-0.3, -0.25) is 14.9 Å². The molecule has 0 bridgehead atoms. The summed E-state index contributed by atoms with van der Waals surface area (Å²) in [4.78, 5) is 35.5. The number of rotatable bonds is 8. The highest BCUT2D eigenvalue weighted by molar-refractivity contribution is 5.91. The highest BCUT2D eigenvalue weighted by atomic mass is 16.6. The van der Waals surface area contributed by atoms with Crippen molar-refractivity contribution in [1.82, 2.24) is 5.43 Å². The number of benzene rings is 4. The Morgan fingerprint density at radius 3 is 2.00 bits per heavy atom. The minimum absolute atomic E-state index is 0.107. The number of amides is 1. The SMILES string of the molecule is O=C(Oc1ccc(/C=N\NC(=O)[C@@H]2CC2(c2ccccc2)c2ccccc2)cc1)c1ccc([N+](=O)[O-])cc1. The Kier molecular flexibility index (Phi) is 6.78. The van der Waals surface area contributed by atoms with E-state index in [1.165, 1.54) is 30.5 Å². The van der Waals surface area contributed by atoms with E-state index in [9.17, 15) is 19.7 Å². The maximum atomic E-state index is 13.0. The van der Waals surface area contributed by atoms with Gasteiger partial charge in [0.05, 0.1) is 22.6 Å². The summed E-state index contributed by atoms with van der Waals surface area (Å²) in [6.45, 7) is 0. The van der Waals surface area contributed by atoms with Gasteiger partial charge in [-0.15, -0.1) is 0 Å². The van der Waals surface area contributed by atoms with Crippen molar-refractivity contribution in [2.45, 2.75) is 11.8 Å². The first-order valence-electron chi connectivity index (χ1n) is 12.0. The van der Waals surface area contributed by atoms with E-state index in [1.54, 1.807) is 24.3 Å². The van der Waals surface area contributed by atoms with E-state index in [0.29, 0.717) is 17.7 Å². The average molecular weight is 506 g/mol. The van der Waals surface area contributed by atoms with Crippen LogP contribution in [0.4, 0.5) is 5.69 Å². The molecular formula is C30H23N3O5. The lowest BCUT2D eigenvalue weighted by Crippen LogP contribution is -2.25. The third kappa shape index (κ3) is 5.05. The van der Waals surface area contributed by atoms with Crippen molar-refractivity contribution in [3.63, 3.8) is 0 Å². The molecule has 0 aromatic heterocycles. The summed E-state index contributed by atoms with van der Waals surface area (Å²) >= 11 is 0. The highest BCUT2D eigenvalue weighted by Gasteiger charge is 2.60. The number of hydrogen-bond acceptors (Lipinski definition) is 6. The fourth-order valence-electron chi connectivity index (χ4n) is 4.61. The zero-order chi connectivity index (χ0) is 26.5. The number of esters is 1. The van der Waals surface area contributed by atoms with E-state index < -0.39 is 10.9 Å². The fourth-order valence-corrected chi connectivity index (χ4v) is 4.61. The lowest BCUT2D eigenvalue weighted by Gasteiger charge is -2.18. The van der Waals surface area contributed by atoms with Crippen molar-refractivity contribution in [3.8, 4) is 5.75 Å². The van der Waals surface area contributed by atoms with E-state index in [1.807, 2.05) is 36.4 Å². The number of ether oxygens (including phenoxy) is 1. The molecule has 1 aliphatic rings. The van der Waals surface area contributed by atoms with Gasteiger partial charge in [0, 0.05) is 17.5 Å². The number of nitro benzene ring substituents is 1. The summed E-state index contributed by atoms with van der Waals surface area (Å²) in [6.07, 6.45) is 2.23. The van der Waals surface area contributed by atoms with Gasteiger partial charge >= 0.3 is 5.97 Å². The number of hydrazone groups is 1. The Morgan fingerprint density at radius 1 is 0.868 bits per heavy atom. The molecule has 1 atom stereocenters.